The van der Waals surface area contributed by atoms with Gasteiger partial charge in [0.2, 0.25) is 0 Å². The van der Waals surface area contributed by atoms with Crippen molar-refractivity contribution in [3.05, 3.63) is 95.6 Å². The molecule has 0 atom stereocenters. The second kappa shape index (κ2) is 33.4. The SMILES string of the molecule is C=CC(=O)OCCOC(=O)CCC(=O)OCCc1ccc(OC(=O)C2CCC(C(=O)Oc3cc(C)c(OC(=O)C4CCC(C(=O)Oc5ccc(CCOC(=O)CCC(=O)OCCOC(=O)C=C)cc5OC)CC4)c(C)c3C)CC2)c(OC)c1. The molecule has 448 valence electrons. The molecule has 2 fully saturated rings. The van der Waals surface area contributed by atoms with Gasteiger partial charge in [-0.3, -0.25) is 38.4 Å². The van der Waals surface area contributed by atoms with Crippen molar-refractivity contribution in [1.82, 2.24) is 0 Å². The Labute approximate surface area is 481 Å². The van der Waals surface area contributed by atoms with Crippen LogP contribution in [0.1, 0.15) is 105 Å². The fourth-order valence-corrected chi connectivity index (χ4v) is 9.05. The quantitative estimate of drug-likeness (QED) is 0.0205. The van der Waals surface area contributed by atoms with Crippen LogP contribution in [-0.4, -0.2) is 114 Å². The highest BCUT2D eigenvalue weighted by atomic mass is 16.6. The van der Waals surface area contributed by atoms with E-state index in [-0.39, 0.29) is 76.8 Å². The lowest BCUT2D eigenvalue weighted by atomic mass is 9.82. The summed E-state index contributed by atoms with van der Waals surface area (Å²) in [5, 5.41) is 0. The van der Waals surface area contributed by atoms with E-state index in [1.165, 1.54) is 14.2 Å². The molecule has 0 spiro atoms. The summed E-state index contributed by atoms with van der Waals surface area (Å²) in [5.41, 5.74) is 3.32. The van der Waals surface area contributed by atoms with Gasteiger partial charge in [-0.15, -0.1) is 0 Å². The first-order valence-corrected chi connectivity index (χ1v) is 27.3. The zero-order valence-corrected chi connectivity index (χ0v) is 47.5. The number of hydrogen-bond donors (Lipinski definition) is 0. The van der Waals surface area contributed by atoms with Gasteiger partial charge in [0.1, 0.15) is 37.9 Å². The van der Waals surface area contributed by atoms with Gasteiger partial charge in [0, 0.05) is 25.0 Å². The molecule has 2 aliphatic rings. The number of carbonyl (C=O) groups is 10. The molecule has 0 amide bonds. The van der Waals surface area contributed by atoms with Crippen LogP contribution in [0.2, 0.25) is 0 Å². The van der Waals surface area contributed by atoms with E-state index in [9.17, 15) is 47.9 Å². The van der Waals surface area contributed by atoms with Crippen molar-refractivity contribution in [2.75, 3.05) is 53.9 Å². The van der Waals surface area contributed by atoms with Crippen LogP contribution in [0.25, 0.3) is 0 Å². The Hall–Kier alpha value is -8.56. The number of methoxy groups -OCH3 is 2. The molecule has 0 radical (unpaired) electrons. The maximum absolute atomic E-state index is 13.6. The first-order valence-electron chi connectivity index (χ1n) is 27.3. The van der Waals surface area contributed by atoms with Gasteiger partial charge in [-0.25, -0.2) is 9.59 Å². The average molecular weight is 1160 g/mol. The molecule has 83 heavy (non-hydrogen) atoms. The van der Waals surface area contributed by atoms with Crippen LogP contribution in [0.3, 0.4) is 0 Å². The van der Waals surface area contributed by atoms with Gasteiger partial charge >= 0.3 is 59.7 Å². The standard InChI is InChI=1S/C61H72O22/c1-8-51(62)76-30-32-78-55(66)24-22-53(64)74-28-26-40-10-20-46(49(35-40)72-6)80-58(68)42-12-14-44(15-13-42)60(70)82-48-34-37(3)57(39(5)38(48)4)83-61(71)45-18-16-43(17-19-45)59(69)81-47-21-11-41(36-50(47)73-7)27-29-75-54(65)23-25-56(67)79-33-31-77-52(63)9-2/h8-11,20-21,34-36,42-45H,1-2,12-19,22-33H2,3-7H3. The minimum absolute atomic E-state index is 0.0212. The second-order valence-corrected chi connectivity index (χ2v) is 19.6. The van der Waals surface area contributed by atoms with E-state index in [1.807, 2.05) is 0 Å². The third-order valence-electron chi connectivity index (χ3n) is 13.9. The Morgan fingerprint density at radius 2 is 0.735 bits per heavy atom. The molecule has 0 heterocycles. The number of ether oxygens (including phenoxy) is 12. The predicted molar refractivity (Wildman–Crippen MR) is 292 cm³/mol. The summed E-state index contributed by atoms with van der Waals surface area (Å²) in [4.78, 5) is 124. The monoisotopic (exact) mass is 1160 g/mol. The second-order valence-electron chi connectivity index (χ2n) is 19.6. The van der Waals surface area contributed by atoms with Crippen LogP contribution >= 0.6 is 0 Å². The summed E-state index contributed by atoms with van der Waals surface area (Å²) >= 11 is 0. The average Bonchev–Trinajstić information content (AvgIpc) is 3.64. The highest BCUT2D eigenvalue weighted by Gasteiger charge is 2.35. The lowest BCUT2D eigenvalue weighted by molar-refractivity contribution is -0.152. The molecule has 5 rings (SSSR count). The zero-order chi connectivity index (χ0) is 60.4. The molecule has 22 heteroatoms. The molecule has 0 aliphatic heterocycles. The Morgan fingerprint density at radius 3 is 1.08 bits per heavy atom. The number of hydrogen-bond acceptors (Lipinski definition) is 22. The topological polar surface area (TPSA) is 281 Å². The van der Waals surface area contributed by atoms with Crippen molar-refractivity contribution < 1.29 is 105 Å². The number of benzene rings is 3. The van der Waals surface area contributed by atoms with Crippen LogP contribution in [0, 0.1) is 44.4 Å². The molecule has 0 unspecified atom stereocenters. The van der Waals surface area contributed by atoms with E-state index in [0.29, 0.717) is 104 Å². The molecule has 0 N–H and O–H groups in total. The largest absolute Gasteiger partial charge is 0.493 e. The van der Waals surface area contributed by atoms with Crippen molar-refractivity contribution in [2.45, 2.75) is 111 Å². The van der Waals surface area contributed by atoms with Crippen LogP contribution < -0.4 is 28.4 Å². The van der Waals surface area contributed by atoms with Crippen LogP contribution in [0.4, 0.5) is 0 Å². The van der Waals surface area contributed by atoms with E-state index in [4.69, 9.17) is 56.8 Å². The third-order valence-corrected chi connectivity index (χ3v) is 13.9. The molecule has 3 aromatic rings. The first kappa shape index (κ1) is 65.3. The Balaban J connectivity index is 0.997. The Bertz CT molecular complexity index is 2830. The van der Waals surface area contributed by atoms with Crippen molar-refractivity contribution in [2.24, 2.45) is 23.7 Å². The molecule has 22 nitrogen and oxygen atoms in total. The van der Waals surface area contributed by atoms with E-state index in [1.54, 1.807) is 63.2 Å². The number of aryl methyl sites for hydroxylation is 1. The first-order chi connectivity index (χ1) is 39.8. The number of esters is 10. The molecule has 2 saturated carbocycles. The minimum Gasteiger partial charge on any atom is -0.493 e. The molecule has 0 saturated heterocycles. The molecule has 0 aromatic heterocycles. The van der Waals surface area contributed by atoms with Crippen molar-refractivity contribution >= 4 is 59.7 Å². The molecule has 0 bridgehead atoms. The number of carbonyl (C=O) groups excluding carboxylic acids is 10. The highest BCUT2D eigenvalue weighted by molar-refractivity contribution is 5.83. The summed E-state index contributed by atoms with van der Waals surface area (Å²) in [6, 6.07) is 11.6. The molecular formula is C61H72O22. The fraction of sp³-hybridized carbons (Fsp3) is 0.475. The van der Waals surface area contributed by atoms with Gasteiger partial charge in [0.05, 0.1) is 76.8 Å². The van der Waals surface area contributed by atoms with E-state index in [0.717, 1.165) is 23.3 Å². The van der Waals surface area contributed by atoms with Gasteiger partial charge in [0.25, 0.3) is 0 Å². The van der Waals surface area contributed by atoms with E-state index in [2.05, 4.69) is 13.2 Å². The fourth-order valence-electron chi connectivity index (χ4n) is 9.05. The summed E-state index contributed by atoms with van der Waals surface area (Å²) in [5.74, 6) is -5.68. The van der Waals surface area contributed by atoms with Gasteiger partial charge in [-0.1, -0.05) is 25.3 Å². The highest BCUT2D eigenvalue weighted by Crippen LogP contribution is 2.39. The van der Waals surface area contributed by atoms with E-state index < -0.39 is 83.4 Å². The smallest absolute Gasteiger partial charge is 0.330 e. The molecule has 3 aromatic carbocycles. The number of rotatable bonds is 30. The summed E-state index contributed by atoms with van der Waals surface area (Å²) < 4.78 is 64.1. The molecular weight excluding hydrogens is 1080 g/mol. The molecule has 2 aliphatic carbocycles. The summed E-state index contributed by atoms with van der Waals surface area (Å²) in [6.45, 7) is 11.3. The van der Waals surface area contributed by atoms with Gasteiger partial charge in [-0.05, 0) is 130 Å². The van der Waals surface area contributed by atoms with Gasteiger partial charge in [-0.2, -0.15) is 0 Å². The predicted octanol–water partition coefficient (Wildman–Crippen LogP) is 7.54. The third kappa shape index (κ3) is 21.0. The van der Waals surface area contributed by atoms with Crippen molar-refractivity contribution in [1.29, 1.82) is 0 Å². The maximum Gasteiger partial charge on any atom is 0.330 e. The summed E-state index contributed by atoms with van der Waals surface area (Å²) in [7, 11) is 2.87. The van der Waals surface area contributed by atoms with Crippen LogP contribution in [0.5, 0.6) is 34.5 Å². The lowest BCUT2D eigenvalue weighted by Crippen LogP contribution is -2.31. The van der Waals surface area contributed by atoms with Gasteiger partial charge in [0.15, 0.2) is 23.0 Å². The van der Waals surface area contributed by atoms with Crippen molar-refractivity contribution in [3.63, 3.8) is 0 Å². The maximum atomic E-state index is 13.6. The summed E-state index contributed by atoms with van der Waals surface area (Å²) in [6.07, 6.45) is 4.96. The van der Waals surface area contributed by atoms with E-state index >= 15 is 0 Å². The minimum atomic E-state index is -0.642. The Morgan fingerprint density at radius 1 is 0.410 bits per heavy atom. The van der Waals surface area contributed by atoms with Gasteiger partial charge < -0.3 is 56.8 Å². The lowest BCUT2D eigenvalue weighted by Gasteiger charge is -2.27. The van der Waals surface area contributed by atoms with Crippen molar-refractivity contribution in [3.8, 4) is 34.5 Å². The van der Waals surface area contributed by atoms with Crippen LogP contribution in [-0.2, 0) is 89.2 Å². The normalized spacial score (nSPS) is 16.3. The van der Waals surface area contributed by atoms with Crippen LogP contribution in [0.15, 0.2) is 67.8 Å². The zero-order valence-electron chi connectivity index (χ0n) is 47.5. The Kier molecular flexibility index (Phi) is 26.2.